The molecular weight excluding hydrogens is 399 g/mol. The number of nitrogens with one attached hydrogen (secondary N) is 1. The van der Waals surface area contributed by atoms with E-state index in [0.717, 1.165) is 0 Å². The summed E-state index contributed by atoms with van der Waals surface area (Å²) in [5.41, 5.74) is -0.356. The number of H-pyrrole nitrogens is 1. The molecular formula is C14H8BrClF3N3O. The number of hydrogen-bond donors (Lipinski definition) is 1. The number of ether oxygens (including phenoxy) is 1. The second-order valence-electron chi connectivity index (χ2n) is 4.63. The van der Waals surface area contributed by atoms with E-state index < -0.39 is 11.7 Å². The monoisotopic (exact) mass is 405 g/mol. The highest BCUT2D eigenvalue weighted by molar-refractivity contribution is 9.10. The quantitative estimate of drug-likeness (QED) is 0.605. The molecule has 0 fully saturated rings. The molecule has 0 atom stereocenters. The summed E-state index contributed by atoms with van der Waals surface area (Å²) in [6.07, 6.45) is -2.47. The molecule has 0 unspecified atom stereocenters. The second kappa shape index (κ2) is 5.68. The molecule has 3 aromatic rings. The Kier molecular flexibility index (Phi) is 3.97. The number of aromatic amines is 1. The Bertz CT molecular complexity index is 895. The van der Waals surface area contributed by atoms with Gasteiger partial charge in [-0.15, -0.1) is 0 Å². The maximum Gasteiger partial charge on any atom is 0.419 e. The van der Waals surface area contributed by atoms with Gasteiger partial charge in [0.15, 0.2) is 0 Å². The van der Waals surface area contributed by atoms with Gasteiger partial charge in [-0.05, 0) is 39.7 Å². The van der Waals surface area contributed by atoms with Crippen LogP contribution in [0.3, 0.4) is 0 Å². The Balaban J connectivity index is 2.33. The molecule has 4 nitrogen and oxygen atoms in total. The van der Waals surface area contributed by atoms with Crippen molar-refractivity contribution in [2.24, 2.45) is 0 Å². The first-order chi connectivity index (χ1) is 10.8. The lowest BCUT2D eigenvalue weighted by Gasteiger charge is -2.11. The maximum atomic E-state index is 13.2. The minimum Gasteiger partial charge on any atom is -0.497 e. The highest BCUT2D eigenvalue weighted by Crippen LogP contribution is 2.40. The number of nitrogens with zero attached hydrogens (tertiary/aromatic N) is 2. The summed E-state index contributed by atoms with van der Waals surface area (Å²) < 4.78 is 45.5. The standard InChI is InChI=1S/C14H8BrClF3N3O/c1-23-6-2-7-8(4-20-12(7)10(15)3-6)11-9(14(17,18)19)5-21-13(16)22-11/h2-5,20H,1H3. The van der Waals surface area contributed by atoms with Crippen LogP contribution in [0.5, 0.6) is 5.75 Å². The molecule has 2 aromatic heterocycles. The molecule has 3 rings (SSSR count). The van der Waals surface area contributed by atoms with Crippen molar-refractivity contribution in [2.45, 2.75) is 6.18 Å². The molecule has 0 bridgehead atoms. The van der Waals surface area contributed by atoms with Crippen molar-refractivity contribution in [3.63, 3.8) is 0 Å². The number of alkyl halides is 3. The molecule has 120 valence electrons. The van der Waals surface area contributed by atoms with Crippen molar-refractivity contribution < 1.29 is 17.9 Å². The van der Waals surface area contributed by atoms with Crippen molar-refractivity contribution in [3.8, 4) is 17.0 Å². The SMILES string of the molecule is COc1cc(Br)c2[nH]cc(-c3nc(Cl)ncc3C(F)(F)F)c2c1. The van der Waals surface area contributed by atoms with Gasteiger partial charge in [0.05, 0.1) is 18.3 Å². The van der Waals surface area contributed by atoms with Crippen LogP contribution in [0.2, 0.25) is 5.28 Å². The first kappa shape index (κ1) is 16.1. The first-order valence-corrected chi connectivity index (χ1v) is 7.43. The zero-order valence-corrected chi connectivity index (χ0v) is 13.8. The lowest BCUT2D eigenvalue weighted by molar-refractivity contribution is -0.137. The van der Waals surface area contributed by atoms with Gasteiger partial charge in [0.2, 0.25) is 5.28 Å². The summed E-state index contributed by atoms with van der Waals surface area (Å²) in [5, 5.41) is 0.265. The molecule has 0 radical (unpaired) electrons. The van der Waals surface area contributed by atoms with Crippen LogP contribution in [0.15, 0.2) is 29.0 Å². The van der Waals surface area contributed by atoms with E-state index in [0.29, 0.717) is 27.3 Å². The predicted octanol–water partition coefficient (Wildman–Crippen LogP) is 5.07. The van der Waals surface area contributed by atoms with Crippen molar-refractivity contribution >= 4 is 38.4 Å². The van der Waals surface area contributed by atoms with Gasteiger partial charge in [0.25, 0.3) is 0 Å². The number of fused-ring (bicyclic) bond motifs is 1. The zero-order valence-electron chi connectivity index (χ0n) is 11.5. The topological polar surface area (TPSA) is 50.8 Å². The molecule has 0 aliphatic carbocycles. The summed E-state index contributed by atoms with van der Waals surface area (Å²) in [6.45, 7) is 0. The molecule has 9 heteroatoms. The van der Waals surface area contributed by atoms with Crippen LogP contribution in [0.1, 0.15) is 5.56 Å². The molecule has 0 saturated heterocycles. The van der Waals surface area contributed by atoms with Crippen LogP contribution in [0.25, 0.3) is 22.2 Å². The molecule has 1 aromatic carbocycles. The molecule has 1 N–H and O–H groups in total. The lowest BCUT2D eigenvalue weighted by Crippen LogP contribution is -2.09. The fraction of sp³-hybridized carbons (Fsp3) is 0.143. The zero-order chi connectivity index (χ0) is 16.8. The van der Waals surface area contributed by atoms with Gasteiger partial charge in [0, 0.05) is 27.8 Å². The number of halogens is 5. The summed E-state index contributed by atoms with van der Waals surface area (Å²) in [5.74, 6) is 0.499. The van der Waals surface area contributed by atoms with E-state index in [-0.39, 0.29) is 16.5 Å². The van der Waals surface area contributed by atoms with Crippen LogP contribution in [-0.2, 0) is 6.18 Å². The number of methoxy groups -OCH3 is 1. The van der Waals surface area contributed by atoms with Crippen LogP contribution >= 0.6 is 27.5 Å². The van der Waals surface area contributed by atoms with Gasteiger partial charge in [-0.2, -0.15) is 13.2 Å². The number of benzene rings is 1. The van der Waals surface area contributed by atoms with Crippen LogP contribution in [-0.4, -0.2) is 22.1 Å². The Morgan fingerprint density at radius 1 is 1.30 bits per heavy atom. The van der Waals surface area contributed by atoms with Gasteiger partial charge >= 0.3 is 6.18 Å². The third kappa shape index (κ3) is 2.88. The average molecular weight is 407 g/mol. The summed E-state index contributed by atoms with van der Waals surface area (Å²) in [6, 6.07) is 3.34. The summed E-state index contributed by atoms with van der Waals surface area (Å²) >= 11 is 9.05. The fourth-order valence-electron chi connectivity index (χ4n) is 2.25. The Hall–Kier alpha value is -1.80. The van der Waals surface area contributed by atoms with Crippen LogP contribution in [0.4, 0.5) is 13.2 Å². The minimum absolute atomic E-state index is 0.260. The van der Waals surface area contributed by atoms with E-state index in [1.54, 1.807) is 12.1 Å². The van der Waals surface area contributed by atoms with Crippen molar-refractivity contribution in [3.05, 3.63) is 39.8 Å². The fourth-order valence-corrected chi connectivity index (χ4v) is 2.94. The van der Waals surface area contributed by atoms with E-state index in [4.69, 9.17) is 16.3 Å². The van der Waals surface area contributed by atoms with Gasteiger partial charge in [-0.1, -0.05) is 0 Å². The smallest absolute Gasteiger partial charge is 0.419 e. The van der Waals surface area contributed by atoms with Crippen LogP contribution < -0.4 is 4.74 Å². The normalized spacial score (nSPS) is 11.9. The maximum absolute atomic E-state index is 13.2. The molecule has 0 saturated carbocycles. The third-order valence-corrected chi connectivity index (χ3v) is 4.08. The molecule has 0 spiro atoms. The average Bonchev–Trinajstić information content (AvgIpc) is 2.90. The molecule has 23 heavy (non-hydrogen) atoms. The predicted molar refractivity (Wildman–Crippen MR) is 83.6 cm³/mol. The molecule has 0 aliphatic rings. The van der Waals surface area contributed by atoms with E-state index in [1.165, 1.54) is 13.3 Å². The number of hydrogen-bond acceptors (Lipinski definition) is 3. The summed E-state index contributed by atoms with van der Waals surface area (Å²) in [7, 11) is 1.47. The van der Waals surface area contributed by atoms with Gasteiger partial charge in [-0.25, -0.2) is 9.97 Å². The highest BCUT2D eigenvalue weighted by atomic mass is 79.9. The number of rotatable bonds is 2. The Morgan fingerprint density at radius 3 is 2.70 bits per heavy atom. The summed E-state index contributed by atoms with van der Waals surface area (Å²) in [4.78, 5) is 10.1. The molecule has 0 aliphatic heterocycles. The number of aromatic nitrogens is 3. The minimum atomic E-state index is -4.60. The van der Waals surface area contributed by atoms with Crippen LogP contribution in [0, 0.1) is 0 Å². The van der Waals surface area contributed by atoms with Crippen molar-refractivity contribution in [1.29, 1.82) is 0 Å². The second-order valence-corrected chi connectivity index (χ2v) is 5.83. The third-order valence-electron chi connectivity index (χ3n) is 3.27. The lowest BCUT2D eigenvalue weighted by atomic mass is 10.1. The van der Waals surface area contributed by atoms with Gasteiger partial charge in [-0.3, -0.25) is 0 Å². The first-order valence-electron chi connectivity index (χ1n) is 6.26. The largest absolute Gasteiger partial charge is 0.497 e. The Morgan fingerprint density at radius 2 is 2.04 bits per heavy atom. The Labute approximate surface area is 141 Å². The molecule has 2 heterocycles. The van der Waals surface area contributed by atoms with Gasteiger partial charge < -0.3 is 9.72 Å². The van der Waals surface area contributed by atoms with Crippen molar-refractivity contribution in [2.75, 3.05) is 7.11 Å². The van der Waals surface area contributed by atoms with Crippen molar-refractivity contribution in [1.82, 2.24) is 15.0 Å². The molecule has 0 amide bonds. The van der Waals surface area contributed by atoms with Gasteiger partial charge in [0.1, 0.15) is 11.3 Å². The van der Waals surface area contributed by atoms with E-state index in [2.05, 4.69) is 30.9 Å². The van der Waals surface area contributed by atoms with E-state index in [1.807, 2.05) is 0 Å². The van der Waals surface area contributed by atoms with E-state index >= 15 is 0 Å². The highest BCUT2D eigenvalue weighted by Gasteiger charge is 2.36. The van der Waals surface area contributed by atoms with E-state index in [9.17, 15) is 13.2 Å².